The first-order valence-corrected chi connectivity index (χ1v) is 4.81. The fraction of sp³-hybridized carbons (Fsp3) is 0.300. The molecule has 0 bridgehead atoms. The van der Waals surface area contributed by atoms with Gasteiger partial charge in [0.1, 0.15) is 12.4 Å². The van der Waals surface area contributed by atoms with Gasteiger partial charge in [-0.05, 0) is 0 Å². The SMILES string of the molecule is Cn1c(-n2cc[n+](C)c2)cc(=O)n(C)c1=O.[I-]. The summed E-state index contributed by atoms with van der Waals surface area (Å²) in [4.78, 5) is 23.2. The van der Waals surface area contributed by atoms with Gasteiger partial charge in [0.25, 0.3) is 5.56 Å². The van der Waals surface area contributed by atoms with E-state index < -0.39 is 0 Å². The molecule has 0 aliphatic rings. The van der Waals surface area contributed by atoms with E-state index in [1.165, 1.54) is 17.7 Å². The van der Waals surface area contributed by atoms with Crippen LogP contribution in [-0.2, 0) is 21.1 Å². The van der Waals surface area contributed by atoms with E-state index in [4.69, 9.17) is 0 Å². The number of halogens is 1. The monoisotopic (exact) mass is 348 g/mol. The van der Waals surface area contributed by atoms with Gasteiger partial charge < -0.3 is 24.0 Å². The summed E-state index contributed by atoms with van der Waals surface area (Å²) >= 11 is 0. The van der Waals surface area contributed by atoms with Gasteiger partial charge in [0.05, 0.1) is 13.1 Å². The Morgan fingerprint density at radius 2 is 1.82 bits per heavy atom. The summed E-state index contributed by atoms with van der Waals surface area (Å²) < 4.78 is 6.07. The van der Waals surface area contributed by atoms with E-state index >= 15 is 0 Å². The fourth-order valence-electron chi connectivity index (χ4n) is 1.55. The maximum Gasteiger partial charge on any atom is 0.333 e. The number of nitrogens with zero attached hydrogens (tertiary/aromatic N) is 4. The fourth-order valence-corrected chi connectivity index (χ4v) is 1.55. The highest BCUT2D eigenvalue weighted by molar-refractivity contribution is 5.20. The van der Waals surface area contributed by atoms with E-state index in [0.717, 1.165) is 4.57 Å². The number of rotatable bonds is 1. The highest BCUT2D eigenvalue weighted by atomic mass is 127. The molecule has 0 N–H and O–H groups in total. The molecule has 0 fully saturated rings. The van der Waals surface area contributed by atoms with Crippen molar-refractivity contribution in [2.24, 2.45) is 21.1 Å². The molecule has 2 aromatic heterocycles. The van der Waals surface area contributed by atoms with Crippen LogP contribution in [0, 0.1) is 0 Å². The Balaban J connectivity index is 0.00000144. The maximum atomic E-state index is 11.7. The normalized spacial score (nSPS) is 10.1. The highest BCUT2D eigenvalue weighted by Crippen LogP contribution is 1.98. The Morgan fingerprint density at radius 1 is 1.18 bits per heavy atom. The second-order valence-electron chi connectivity index (χ2n) is 3.73. The summed E-state index contributed by atoms with van der Waals surface area (Å²) in [6.45, 7) is 0. The summed E-state index contributed by atoms with van der Waals surface area (Å²) in [6.07, 6.45) is 5.41. The lowest BCUT2D eigenvalue weighted by Crippen LogP contribution is -3.00. The number of hydrogen-bond acceptors (Lipinski definition) is 2. The second kappa shape index (κ2) is 4.86. The summed E-state index contributed by atoms with van der Waals surface area (Å²) in [5, 5.41) is 0. The molecule has 0 aliphatic carbocycles. The molecule has 0 saturated carbocycles. The molecule has 2 heterocycles. The van der Waals surface area contributed by atoms with Crippen LogP contribution in [-0.4, -0.2) is 13.7 Å². The first-order chi connectivity index (χ1) is 7.50. The molecule has 0 spiro atoms. The van der Waals surface area contributed by atoms with Crippen molar-refractivity contribution < 1.29 is 28.5 Å². The van der Waals surface area contributed by atoms with Crippen molar-refractivity contribution in [1.29, 1.82) is 0 Å². The third-order valence-electron chi connectivity index (χ3n) is 2.53. The number of aromatic nitrogens is 4. The molecule has 0 aliphatic heterocycles. The molecule has 0 atom stereocenters. The second-order valence-corrected chi connectivity index (χ2v) is 3.73. The third-order valence-corrected chi connectivity index (χ3v) is 2.53. The molecule has 0 unspecified atom stereocenters. The van der Waals surface area contributed by atoms with Crippen LogP contribution in [0.5, 0.6) is 0 Å². The minimum atomic E-state index is -0.334. The minimum absolute atomic E-state index is 0. The van der Waals surface area contributed by atoms with Crippen LogP contribution in [0.1, 0.15) is 0 Å². The van der Waals surface area contributed by atoms with Crippen molar-refractivity contribution in [3.63, 3.8) is 0 Å². The van der Waals surface area contributed by atoms with Crippen LogP contribution in [0.25, 0.3) is 5.82 Å². The molecular formula is C10H13IN4O2. The predicted octanol–water partition coefficient (Wildman–Crippen LogP) is -4.30. The third kappa shape index (κ3) is 2.33. The summed E-state index contributed by atoms with van der Waals surface area (Å²) in [5.41, 5.74) is -0.645. The quantitative estimate of drug-likeness (QED) is 0.387. The van der Waals surface area contributed by atoms with Crippen molar-refractivity contribution in [1.82, 2.24) is 13.7 Å². The van der Waals surface area contributed by atoms with Crippen LogP contribution in [0.4, 0.5) is 0 Å². The molecule has 2 aromatic rings. The van der Waals surface area contributed by atoms with Gasteiger partial charge in [0.15, 0.2) is 0 Å². The zero-order chi connectivity index (χ0) is 11.9. The average molecular weight is 348 g/mol. The zero-order valence-corrected chi connectivity index (χ0v) is 12.0. The molecule has 6 nitrogen and oxygen atoms in total. The first kappa shape index (κ1) is 13.7. The Kier molecular flexibility index (Phi) is 3.91. The molecule has 7 heteroatoms. The zero-order valence-electron chi connectivity index (χ0n) is 9.79. The summed E-state index contributed by atoms with van der Waals surface area (Å²) in [5.74, 6) is 0.550. The van der Waals surface area contributed by atoms with Gasteiger partial charge in [-0.1, -0.05) is 0 Å². The molecule has 0 amide bonds. The Morgan fingerprint density at radius 3 is 2.35 bits per heavy atom. The van der Waals surface area contributed by atoms with Crippen molar-refractivity contribution >= 4 is 0 Å². The van der Waals surface area contributed by atoms with E-state index in [2.05, 4.69) is 0 Å². The lowest BCUT2D eigenvalue weighted by molar-refractivity contribution is -0.670. The van der Waals surface area contributed by atoms with Gasteiger partial charge in [0.2, 0.25) is 12.1 Å². The van der Waals surface area contributed by atoms with E-state index in [0.29, 0.717) is 5.82 Å². The van der Waals surface area contributed by atoms with Gasteiger partial charge in [-0.3, -0.25) is 13.9 Å². The summed E-state index contributed by atoms with van der Waals surface area (Å²) in [7, 11) is 4.97. The average Bonchev–Trinajstić information content (AvgIpc) is 2.67. The van der Waals surface area contributed by atoms with Gasteiger partial charge in [-0.15, -0.1) is 0 Å². The van der Waals surface area contributed by atoms with Gasteiger partial charge in [-0.2, -0.15) is 4.57 Å². The van der Waals surface area contributed by atoms with Crippen LogP contribution in [0.3, 0.4) is 0 Å². The van der Waals surface area contributed by atoms with E-state index in [-0.39, 0.29) is 35.2 Å². The molecular weight excluding hydrogens is 335 g/mol. The van der Waals surface area contributed by atoms with Crippen molar-refractivity contribution in [3.05, 3.63) is 45.6 Å². The Bertz CT molecular complexity index is 653. The minimum Gasteiger partial charge on any atom is -1.00 e. The Hall–Kier alpha value is -1.38. The number of imidazole rings is 1. The largest absolute Gasteiger partial charge is 1.00 e. The van der Waals surface area contributed by atoms with E-state index in [1.807, 2.05) is 17.8 Å². The molecule has 0 radical (unpaired) electrons. The van der Waals surface area contributed by atoms with E-state index in [9.17, 15) is 9.59 Å². The van der Waals surface area contributed by atoms with Crippen molar-refractivity contribution in [2.45, 2.75) is 0 Å². The van der Waals surface area contributed by atoms with Crippen molar-refractivity contribution in [3.8, 4) is 5.82 Å². The summed E-state index contributed by atoms with van der Waals surface area (Å²) in [6, 6.07) is 1.43. The standard InChI is InChI=1S/C10H13N4O2.HI/c1-11-4-5-14(7-11)8-6-9(15)13(3)10(16)12(8)2;/h4-7H,1-3H3;1H/q+1;/p-1. The topological polar surface area (TPSA) is 52.8 Å². The van der Waals surface area contributed by atoms with Crippen LogP contribution in [0.15, 0.2) is 34.4 Å². The van der Waals surface area contributed by atoms with E-state index in [1.54, 1.807) is 24.1 Å². The van der Waals surface area contributed by atoms with Crippen molar-refractivity contribution in [2.75, 3.05) is 0 Å². The smallest absolute Gasteiger partial charge is 0.333 e. The van der Waals surface area contributed by atoms with Crippen LogP contribution in [0.2, 0.25) is 0 Å². The Labute approximate surface area is 115 Å². The predicted molar refractivity (Wildman–Crippen MR) is 57.4 cm³/mol. The van der Waals surface area contributed by atoms with Crippen LogP contribution >= 0.6 is 0 Å². The molecule has 0 aromatic carbocycles. The number of aryl methyl sites for hydroxylation is 1. The molecule has 92 valence electrons. The highest BCUT2D eigenvalue weighted by Gasteiger charge is 2.12. The van der Waals surface area contributed by atoms with Gasteiger partial charge in [0, 0.05) is 14.1 Å². The molecule has 17 heavy (non-hydrogen) atoms. The number of hydrogen-bond donors (Lipinski definition) is 0. The molecule has 2 rings (SSSR count). The lowest BCUT2D eigenvalue weighted by Gasteiger charge is -2.04. The van der Waals surface area contributed by atoms with Gasteiger partial charge in [-0.25, -0.2) is 9.36 Å². The lowest BCUT2D eigenvalue weighted by atomic mass is 10.5. The maximum absolute atomic E-state index is 11.7. The van der Waals surface area contributed by atoms with Crippen LogP contribution < -0.4 is 39.8 Å². The van der Waals surface area contributed by atoms with Gasteiger partial charge >= 0.3 is 5.69 Å². The first-order valence-electron chi connectivity index (χ1n) is 4.81. The molecule has 0 saturated heterocycles.